The van der Waals surface area contributed by atoms with E-state index in [4.69, 9.17) is 14.2 Å². The first-order valence-corrected chi connectivity index (χ1v) is 6.80. The summed E-state index contributed by atoms with van der Waals surface area (Å²) < 4.78 is 15.5. The van der Waals surface area contributed by atoms with Gasteiger partial charge in [-0.2, -0.15) is 0 Å². The Kier molecular flexibility index (Phi) is 3.78. The van der Waals surface area contributed by atoms with E-state index in [0.29, 0.717) is 22.6 Å². The van der Waals surface area contributed by atoms with E-state index in [2.05, 4.69) is 0 Å². The van der Waals surface area contributed by atoms with Crippen LogP contribution in [0.4, 0.5) is 0 Å². The van der Waals surface area contributed by atoms with Gasteiger partial charge < -0.3 is 14.2 Å². The fraction of sp³-hybridized carbons (Fsp3) is 0.176. The molecular formula is C17H14O5. The molecule has 5 heteroatoms. The summed E-state index contributed by atoms with van der Waals surface area (Å²) in [5.41, 5.74) is 1.80. The Hall–Kier alpha value is -2.82. The molecule has 2 aromatic carbocycles. The molecule has 1 aliphatic heterocycles. The Morgan fingerprint density at radius 3 is 2.68 bits per heavy atom. The van der Waals surface area contributed by atoms with Crippen molar-refractivity contribution in [1.29, 1.82) is 0 Å². The molecule has 0 N–H and O–H groups in total. The monoisotopic (exact) mass is 298 g/mol. The number of fused-ring (bicyclic) bond motifs is 1. The Morgan fingerprint density at radius 2 is 1.86 bits per heavy atom. The smallest absolute Gasteiger partial charge is 0.338 e. The molecule has 5 nitrogen and oxygen atoms in total. The van der Waals surface area contributed by atoms with Gasteiger partial charge in [0.2, 0.25) is 6.79 Å². The molecule has 0 radical (unpaired) electrons. The van der Waals surface area contributed by atoms with Crippen molar-refractivity contribution < 1.29 is 23.8 Å². The highest BCUT2D eigenvalue weighted by molar-refractivity contribution is 5.99. The van der Waals surface area contributed by atoms with Gasteiger partial charge in [0.15, 0.2) is 23.9 Å². The summed E-state index contributed by atoms with van der Waals surface area (Å²) in [5.74, 6) is 0.321. The summed E-state index contributed by atoms with van der Waals surface area (Å²) in [6, 6.07) is 11.9. The number of hydrogen-bond acceptors (Lipinski definition) is 5. The number of benzene rings is 2. The van der Waals surface area contributed by atoms with Crippen molar-refractivity contribution in [1.82, 2.24) is 0 Å². The summed E-state index contributed by atoms with van der Waals surface area (Å²) >= 11 is 0. The van der Waals surface area contributed by atoms with Crippen LogP contribution in [0.15, 0.2) is 42.5 Å². The molecule has 0 saturated heterocycles. The van der Waals surface area contributed by atoms with Gasteiger partial charge in [0.25, 0.3) is 0 Å². The highest BCUT2D eigenvalue weighted by Gasteiger charge is 2.17. The Balaban J connectivity index is 1.64. The second kappa shape index (κ2) is 5.89. The maximum absolute atomic E-state index is 12.1. The van der Waals surface area contributed by atoms with Crippen molar-refractivity contribution in [3.63, 3.8) is 0 Å². The van der Waals surface area contributed by atoms with Gasteiger partial charge in [0.05, 0.1) is 5.56 Å². The summed E-state index contributed by atoms with van der Waals surface area (Å²) in [6.07, 6.45) is 0. The molecular weight excluding hydrogens is 284 g/mol. The molecule has 0 aliphatic carbocycles. The maximum Gasteiger partial charge on any atom is 0.338 e. The van der Waals surface area contributed by atoms with Crippen molar-refractivity contribution >= 4 is 11.8 Å². The molecule has 0 saturated carbocycles. The Labute approximate surface area is 127 Å². The molecule has 3 rings (SSSR count). The van der Waals surface area contributed by atoms with Gasteiger partial charge in [-0.15, -0.1) is 0 Å². The van der Waals surface area contributed by atoms with Crippen LogP contribution in [0.25, 0.3) is 0 Å². The van der Waals surface area contributed by atoms with Crippen molar-refractivity contribution in [2.75, 3.05) is 13.4 Å². The third-order valence-electron chi connectivity index (χ3n) is 3.28. The van der Waals surface area contributed by atoms with Gasteiger partial charge in [-0.1, -0.05) is 17.7 Å². The van der Waals surface area contributed by atoms with Crippen LogP contribution in [0.2, 0.25) is 0 Å². The van der Waals surface area contributed by atoms with Gasteiger partial charge in [-0.3, -0.25) is 4.79 Å². The molecule has 0 spiro atoms. The molecule has 1 aliphatic rings. The molecule has 0 unspecified atom stereocenters. The summed E-state index contributed by atoms with van der Waals surface area (Å²) in [4.78, 5) is 24.0. The lowest BCUT2D eigenvalue weighted by molar-refractivity contribution is 0.0474. The predicted molar refractivity (Wildman–Crippen MR) is 78.4 cm³/mol. The van der Waals surface area contributed by atoms with Gasteiger partial charge in [0, 0.05) is 5.56 Å². The zero-order valence-electron chi connectivity index (χ0n) is 12.0. The summed E-state index contributed by atoms with van der Waals surface area (Å²) in [7, 11) is 0. The minimum Gasteiger partial charge on any atom is -0.454 e. The number of carbonyl (C=O) groups excluding carboxylic acids is 2. The highest BCUT2D eigenvalue weighted by Crippen LogP contribution is 2.32. The largest absolute Gasteiger partial charge is 0.454 e. The molecule has 0 atom stereocenters. The Morgan fingerprint density at radius 1 is 1.05 bits per heavy atom. The number of ether oxygens (including phenoxy) is 3. The van der Waals surface area contributed by atoms with E-state index in [9.17, 15) is 9.59 Å². The zero-order chi connectivity index (χ0) is 15.5. The second-order valence-electron chi connectivity index (χ2n) is 4.94. The van der Waals surface area contributed by atoms with Crippen molar-refractivity contribution in [3.8, 4) is 11.5 Å². The molecule has 0 bridgehead atoms. The van der Waals surface area contributed by atoms with E-state index in [1.807, 2.05) is 13.0 Å². The second-order valence-corrected chi connectivity index (χ2v) is 4.94. The van der Waals surface area contributed by atoms with Crippen LogP contribution in [0.3, 0.4) is 0 Å². The van der Waals surface area contributed by atoms with E-state index in [-0.39, 0.29) is 19.2 Å². The van der Waals surface area contributed by atoms with Gasteiger partial charge in [0.1, 0.15) is 0 Å². The Bertz CT molecular complexity index is 736. The number of aryl methyl sites for hydroxylation is 1. The van der Waals surface area contributed by atoms with Crippen molar-refractivity contribution in [2.24, 2.45) is 0 Å². The lowest BCUT2D eigenvalue weighted by Crippen LogP contribution is -2.14. The van der Waals surface area contributed by atoms with Gasteiger partial charge in [-0.25, -0.2) is 4.79 Å². The molecule has 22 heavy (non-hydrogen) atoms. The number of ketones is 1. The average molecular weight is 298 g/mol. The number of carbonyl (C=O) groups is 2. The predicted octanol–water partition coefficient (Wildman–Crippen LogP) is 2.76. The van der Waals surface area contributed by atoms with Crippen LogP contribution in [0, 0.1) is 6.92 Å². The topological polar surface area (TPSA) is 61.8 Å². The SMILES string of the molecule is Cc1cccc(C(=O)OCC(=O)c2ccc3c(c2)OCO3)c1. The van der Waals surface area contributed by atoms with Crippen LogP contribution in [0.5, 0.6) is 11.5 Å². The number of rotatable bonds is 4. The van der Waals surface area contributed by atoms with E-state index < -0.39 is 5.97 Å². The van der Waals surface area contributed by atoms with E-state index in [0.717, 1.165) is 5.56 Å². The lowest BCUT2D eigenvalue weighted by atomic mass is 10.1. The number of hydrogen-bond donors (Lipinski definition) is 0. The van der Waals surface area contributed by atoms with Gasteiger partial charge >= 0.3 is 5.97 Å². The fourth-order valence-corrected chi connectivity index (χ4v) is 2.14. The molecule has 0 aromatic heterocycles. The third kappa shape index (κ3) is 2.93. The third-order valence-corrected chi connectivity index (χ3v) is 3.28. The van der Waals surface area contributed by atoms with Crippen molar-refractivity contribution in [2.45, 2.75) is 6.92 Å². The van der Waals surface area contributed by atoms with E-state index >= 15 is 0 Å². The molecule has 0 fully saturated rings. The highest BCUT2D eigenvalue weighted by atomic mass is 16.7. The van der Waals surface area contributed by atoms with Crippen molar-refractivity contribution in [3.05, 3.63) is 59.2 Å². The molecule has 1 heterocycles. The normalized spacial score (nSPS) is 12.0. The lowest BCUT2D eigenvalue weighted by Gasteiger charge is -2.05. The summed E-state index contributed by atoms with van der Waals surface area (Å²) in [5, 5.41) is 0. The minimum atomic E-state index is -0.516. The zero-order valence-corrected chi connectivity index (χ0v) is 12.0. The van der Waals surface area contributed by atoms with Crippen LogP contribution >= 0.6 is 0 Å². The van der Waals surface area contributed by atoms with Crippen LogP contribution < -0.4 is 9.47 Å². The van der Waals surface area contributed by atoms with Crippen LogP contribution in [-0.4, -0.2) is 25.2 Å². The first-order chi connectivity index (χ1) is 10.6. The quantitative estimate of drug-likeness (QED) is 0.641. The average Bonchev–Trinajstić information content (AvgIpc) is 2.99. The number of Topliss-reactive ketones (excluding diaryl/α,β-unsaturated/α-hetero) is 1. The van der Waals surface area contributed by atoms with E-state index in [1.54, 1.807) is 36.4 Å². The fourth-order valence-electron chi connectivity index (χ4n) is 2.14. The maximum atomic E-state index is 12.1. The van der Waals surface area contributed by atoms with E-state index in [1.165, 1.54) is 0 Å². The van der Waals surface area contributed by atoms with Crippen LogP contribution in [0.1, 0.15) is 26.3 Å². The molecule has 2 aromatic rings. The first kappa shape index (κ1) is 14.1. The summed E-state index contributed by atoms with van der Waals surface area (Å²) in [6.45, 7) is 1.72. The first-order valence-electron chi connectivity index (χ1n) is 6.80. The standard InChI is InChI=1S/C17H14O5/c1-11-3-2-4-13(7-11)17(19)20-9-14(18)12-5-6-15-16(8-12)22-10-21-15/h2-8H,9-10H2,1H3. The molecule has 112 valence electrons. The molecule has 0 amide bonds. The minimum absolute atomic E-state index is 0.148. The van der Waals surface area contributed by atoms with Crippen LogP contribution in [-0.2, 0) is 4.74 Å². The van der Waals surface area contributed by atoms with Gasteiger partial charge in [-0.05, 0) is 37.3 Å². The number of esters is 1.